The van der Waals surface area contributed by atoms with E-state index in [-0.39, 0.29) is 17.9 Å². The number of ether oxygens (including phenoxy) is 1. The van der Waals surface area contributed by atoms with Gasteiger partial charge in [0.05, 0.1) is 13.2 Å². The lowest BCUT2D eigenvalue weighted by atomic mass is 9.75. The summed E-state index contributed by atoms with van der Waals surface area (Å²) in [4.78, 5) is 11.4. The first-order valence-electron chi connectivity index (χ1n) is 7.20. The third-order valence-corrected chi connectivity index (χ3v) is 4.11. The van der Waals surface area contributed by atoms with Gasteiger partial charge >= 0.3 is 0 Å². The van der Waals surface area contributed by atoms with Gasteiger partial charge in [-0.3, -0.25) is 4.79 Å². The molecule has 1 aliphatic rings. The Balaban J connectivity index is 1.86. The Kier molecular flexibility index (Phi) is 4.65. The third kappa shape index (κ3) is 3.31. The molecule has 20 heavy (non-hydrogen) atoms. The van der Waals surface area contributed by atoms with Gasteiger partial charge in [0.15, 0.2) is 0 Å². The Bertz CT molecular complexity index is 450. The molecule has 1 aliphatic carbocycles. The van der Waals surface area contributed by atoms with Crippen molar-refractivity contribution in [2.45, 2.75) is 44.7 Å². The summed E-state index contributed by atoms with van der Waals surface area (Å²) in [6.07, 6.45) is 2.12. The maximum absolute atomic E-state index is 11.4. The highest BCUT2D eigenvalue weighted by molar-refractivity contribution is 5.80. The molecule has 1 aromatic rings. The Morgan fingerprint density at radius 3 is 2.35 bits per heavy atom. The number of carbonyl (C=O) groups is 1. The predicted molar refractivity (Wildman–Crippen MR) is 79.7 cm³/mol. The molecule has 2 rings (SSSR count). The highest BCUT2D eigenvalue weighted by atomic mass is 16.5. The predicted octanol–water partition coefficient (Wildman–Crippen LogP) is 2.04. The summed E-state index contributed by atoms with van der Waals surface area (Å²) in [5.74, 6) is 1.43. The van der Waals surface area contributed by atoms with Gasteiger partial charge in [-0.2, -0.15) is 0 Å². The molecular formula is C16H24N2O2. The first-order valence-corrected chi connectivity index (χ1v) is 7.20. The van der Waals surface area contributed by atoms with E-state index in [0.29, 0.717) is 12.0 Å². The minimum Gasteiger partial charge on any atom is -0.497 e. The second kappa shape index (κ2) is 6.27. The topological polar surface area (TPSA) is 64.3 Å². The Morgan fingerprint density at radius 2 is 1.90 bits per heavy atom. The second-order valence-corrected chi connectivity index (χ2v) is 5.93. The van der Waals surface area contributed by atoms with E-state index >= 15 is 0 Å². The van der Waals surface area contributed by atoms with Gasteiger partial charge in [-0.25, -0.2) is 0 Å². The van der Waals surface area contributed by atoms with Crippen molar-refractivity contribution in [3.8, 4) is 5.75 Å². The lowest BCUT2D eigenvalue weighted by molar-refractivity contribution is -0.121. The smallest absolute Gasteiger partial charge is 0.234 e. The molecule has 4 heteroatoms. The van der Waals surface area contributed by atoms with Crippen LogP contribution in [0.3, 0.4) is 0 Å². The van der Waals surface area contributed by atoms with E-state index in [4.69, 9.17) is 10.5 Å². The highest BCUT2D eigenvalue weighted by Gasteiger charge is 2.33. The fourth-order valence-corrected chi connectivity index (χ4v) is 2.76. The molecule has 1 amide bonds. The summed E-state index contributed by atoms with van der Waals surface area (Å²) in [7, 11) is 1.67. The summed E-state index contributed by atoms with van der Waals surface area (Å²) in [5.41, 5.74) is 6.76. The number of hydrogen-bond acceptors (Lipinski definition) is 3. The number of methoxy groups -OCH3 is 1. The minimum atomic E-state index is -0.257. The highest BCUT2D eigenvalue weighted by Crippen LogP contribution is 2.37. The van der Waals surface area contributed by atoms with Crippen LogP contribution in [0, 0.1) is 5.92 Å². The number of nitrogens with one attached hydrogen (secondary N) is 1. The van der Waals surface area contributed by atoms with E-state index in [2.05, 4.69) is 17.4 Å². The van der Waals surface area contributed by atoms with Gasteiger partial charge in [0.1, 0.15) is 5.75 Å². The summed E-state index contributed by atoms with van der Waals surface area (Å²) < 4.78 is 5.16. The number of rotatable bonds is 6. The van der Waals surface area contributed by atoms with Crippen molar-refractivity contribution in [3.05, 3.63) is 29.8 Å². The lowest BCUT2D eigenvalue weighted by Crippen LogP contribution is -2.53. The number of primary amides is 1. The van der Waals surface area contributed by atoms with E-state index in [0.717, 1.165) is 18.6 Å². The SMILES string of the molecule is COc1ccc(C2CC(NC(C(N)=O)C(C)C)C2)cc1. The molecule has 0 aromatic heterocycles. The van der Waals surface area contributed by atoms with Crippen molar-refractivity contribution in [2.24, 2.45) is 11.7 Å². The van der Waals surface area contributed by atoms with E-state index in [9.17, 15) is 4.79 Å². The molecule has 0 radical (unpaired) electrons. The molecule has 110 valence electrons. The van der Waals surface area contributed by atoms with E-state index < -0.39 is 0 Å². The molecule has 0 heterocycles. The molecule has 1 fully saturated rings. The Hall–Kier alpha value is -1.55. The van der Waals surface area contributed by atoms with Crippen molar-refractivity contribution < 1.29 is 9.53 Å². The van der Waals surface area contributed by atoms with Crippen LogP contribution < -0.4 is 15.8 Å². The molecule has 0 spiro atoms. The third-order valence-electron chi connectivity index (χ3n) is 4.11. The van der Waals surface area contributed by atoms with Gasteiger partial charge in [-0.15, -0.1) is 0 Å². The maximum atomic E-state index is 11.4. The molecule has 0 aliphatic heterocycles. The van der Waals surface area contributed by atoms with Crippen LogP contribution in [0.2, 0.25) is 0 Å². The maximum Gasteiger partial charge on any atom is 0.234 e. The second-order valence-electron chi connectivity index (χ2n) is 5.93. The summed E-state index contributed by atoms with van der Waals surface area (Å²) >= 11 is 0. The van der Waals surface area contributed by atoms with Crippen LogP contribution in [0.5, 0.6) is 5.75 Å². The molecule has 0 saturated heterocycles. The molecule has 1 saturated carbocycles. The normalized spacial score (nSPS) is 23.2. The molecule has 1 atom stereocenters. The first kappa shape index (κ1) is 14.9. The van der Waals surface area contributed by atoms with Crippen molar-refractivity contribution in [1.82, 2.24) is 5.32 Å². The van der Waals surface area contributed by atoms with Crippen molar-refractivity contribution in [1.29, 1.82) is 0 Å². The van der Waals surface area contributed by atoms with Gasteiger partial charge in [0.2, 0.25) is 5.91 Å². The van der Waals surface area contributed by atoms with Crippen molar-refractivity contribution in [3.63, 3.8) is 0 Å². The number of carbonyl (C=O) groups excluding carboxylic acids is 1. The zero-order valence-corrected chi connectivity index (χ0v) is 12.4. The molecule has 4 nitrogen and oxygen atoms in total. The van der Waals surface area contributed by atoms with Crippen LogP contribution in [0.15, 0.2) is 24.3 Å². The van der Waals surface area contributed by atoms with Gasteiger partial charge in [0, 0.05) is 6.04 Å². The van der Waals surface area contributed by atoms with Crippen LogP contribution in [0.4, 0.5) is 0 Å². The average Bonchev–Trinajstić information content (AvgIpc) is 2.36. The van der Waals surface area contributed by atoms with E-state index in [1.807, 2.05) is 26.0 Å². The zero-order chi connectivity index (χ0) is 14.7. The monoisotopic (exact) mass is 276 g/mol. The molecule has 1 aromatic carbocycles. The number of amides is 1. The Morgan fingerprint density at radius 1 is 1.30 bits per heavy atom. The van der Waals surface area contributed by atoms with Crippen LogP contribution in [0.1, 0.15) is 38.2 Å². The largest absolute Gasteiger partial charge is 0.497 e. The van der Waals surface area contributed by atoms with Crippen LogP contribution in [0.25, 0.3) is 0 Å². The molecule has 3 N–H and O–H groups in total. The number of hydrogen-bond donors (Lipinski definition) is 2. The standard InChI is InChI=1S/C16H24N2O2/c1-10(2)15(16(17)19)18-13-8-12(9-13)11-4-6-14(20-3)7-5-11/h4-7,10,12-13,15,18H,8-9H2,1-3H3,(H2,17,19). The molecule has 0 bridgehead atoms. The van der Waals surface area contributed by atoms with Crippen LogP contribution in [-0.4, -0.2) is 25.1 Å². The molecular weight excluding hydrogens is 252 g/mol. The minimum absolute atomic E-state index is 0.225. The first-order chi connectivity index (χ1) is 9.51. The summed E-state index contributed by atoms with van der Waals surface area (Å²) in [6, 6.07) is 8.40. The van der Waals surface area contributed by atoms with Crippen LogP contribution in [-0.2, 0) is 4.79 Å². The van der Waals surface area contributed by atoms with Gasteiger partial charge < -0.3 is 15.8 Å². The van der Waals surface area contributed by atoms with E-state index in [1.165, 1.54) is 5.56 Å². The quantitative estimate of drug-likeness (QED) is 0.835. The fourth-order valence-electron chi connectivity index (χ4n) is 2.76. The van der Waals surface area contributed by atoms with Gasteiger partial charge in [-0.05, 0) is 42.4 Å². The van der Waals surface area contributed by atoms with Crippen LogP contribution >= 0.6 is 0 Å². The lowest BCUT2D eigenvalue weighted by Gasteiger charge is -2.39. The van der Waals surface area contributed by atoms with Gasteiger partial charge in [-0.1, -0.05) is 26.0 Å². The number of nitrogens with two attached hydrogens (primary N) is 1. The number of benzene rings is 1. The average molecular weight is 276 g/mol. The van der Waals surface area contributed by atoms with Crippen molar-refractivity contribution in [2.75, 3.05) is 7.11 Å². The Labute approximate surface area is 120 Å². The van der Waals surface area contributed by atoms with Crippen molar-refractivity contribution >= 4 is 5.91 Å². The van der Waals surface area contributed by atoms with Gasteiger partial charge in [0.25, 0.3) is 0 Å². The fraction of sp³-hybridized carbons (Fsp3) is 0.562. The zero-order valence-electron chi connectivity index (χ0n) is 12.4. The van der Waals surface area contributed by atoms with E-state index in [1.54, 1.807) is 7.11 Å². The summed E-state index contributed by atoms with van der Waals surface area (Å²) in [5, 5.41) is 3.38. The summed E-state index contributed by atoms with van der Waals surface area (Å²) in [6.45, 7) is 4.03. The molecule has 1 unspecified atom stereocenters.